The van der Waals surface area contributed by atoms with Gasteiger partial charge < -0.3 is 15.5 Å². The summed E-state index contributed by atoms with van der Waals surface area (Å²) in [6.07, 6.45) is 1.34. The number of halogens is 1. The lowest BCUT2D eigenvalue weighted by atomic mass is 10.1. The molecule has 114 valence electrons. The second-order valence-corrected chi connectivity index (χ2v) is 7.37. The minimum atomic E-state index is -1.09. The van der Waals surface area contributed by atoms with Crippen molar-refractivity contribution in [3.8, 4) is 0 Å². The Labute approximate surface area is 139 Å². The Morgan fingerprint density at radius 1 is 1.45 bits per heavy atom. The van der Waals surface area contributed by atoms with Gasteiger partial charge >= 0.3 is 0 Å². The van der Waals surface area contributed by atoms with Crippen LogP contribution in [-0.2, 0) is 19.3 Å². The molecule has 4 rings (SSSR count). The molecule has 0 bridgehead atoms. The fourth-order valence-corrected chi connectivity index (χ4v) is 4.50. The van der Waals surface area contributed by atoms with Crippen LogP contribution in [0, 0.1) is 0 Å². The number of amides is 2. The molecule has 1 fully saturated rings. The van der Waals surface area contributed by atoms with Gasteiger partial charge in [0.2, 0.25) is 10.8 Å². The maximum absolute atomic E-state index is 12.8. The number of fused-ring (bicyclic) bond motifs is 4. The fourth-order valence-electron chi connectivity index (χ4n) is 2.93. The lowest BCUT2D eigenvalue weighted by molar-refractivity contribution is -0.176. The first-order valence-electron chi connectivity index (χ1n) is 6.71. The van der Waals surface area contributed by atoms with Gasteiger partial charge in [-0.15, -0.1) is 11.8 Å². The van der Waals surface area contributed by atoms with Crippen LogP contribution in [0.4, 0.5) is 5.69 Å². The van der Waals surface area contributed by atoms with E-state index in [0.717, 1.165) is 15.7 Å². The number of benzene rings is 1. The van der Waals surface area contributed by atoms with E-state index in [9.17, 15) is 9.59 Å². The summed E-state index contributed by atoms with van der Waals surface area (Å²) >= 11 is 4.71. The van der Waals surface area contributed by atoms with Crippen molar-refractivity contribution in [3.63, 3.8) is 0 Å². The highest BCUT2D eigenvalue weighted by Crippen LogP contribution is 2.52. The van der Waals surface area contributed by atoms with Gasteiger partial charge in [0.1, 0.15) is 11.9 Å². The van der Waals surface area contributed by atoms with Gasteiger partial charge in [-0.05, 0) is 31.2 Å². The summed E-state index contributed by atoms with van der Waals surface area (Å²) in [7, 11) is 0. The summed E-state index contributed by atoms with van der Waals surface area (Å²) < 4.78 is 0.867. The van der Waals surface area contributed by atoms with Gasteiger partial charge in [-0.3, -0.25) is 9.59 Å². The molecule has 2 amide bonds. The van der Waals surface area contributed by atoms with E-state index in [-0.39, 0.29) is 17.6 Å². The summed E-state index contributed by atoms with van der Waals surface area (Å²) in [6, 6.07) is 5.61. The lowest BCUT2D eigenvalue weighted by Gasteiger charge is -2.35. The third kappa shape index (κ3) is 1.84. The van der Waals surface area contributed by atoms with Crippen molar-refractivity contribution in [1.82, 2.24) is 10.4 Å². The molecule has 1 aromatic carbocycles. The molecule has 0 radical (unpaired) electrons. The molecule has 3 aliphatic rings. The van der Waals surface area contributed by atoms with Crippen LogP contribution in [-0.4, -0.2) is 28.8 Å². The molecule has 2 N–H and O–H groups in total. The number of hydrogen-bond acceptors (Lipinski definition) is 5. The molecule has 8 heteroatoms. The van der Waals surface area contributed by atoms with E-state index < -0.39 is 11.0 Å². The van der Waals surface area contributed by atoms with Gasteiger partial charge in [0, 0.05) is 15.7 Å². The Morgan fingerprint density at radius 3 is 3.09 bits per heavy atom. The molecule has 1 spiro atoms. The zero-order valence-corrected chi connectivity index (χ0v) is 14.0. The van der Waals surface area contributed by atoms with E-state index in [0.29, 0.717) is 5.76 Å². The number of nitrogens with one attached hydrogen (secondary N) is 2. The molecule has 0 aliphatic carbocycles. The second-order valence-electron chi connectivity index (χ2n) is 5.28. The number of anilines is 1. The Kier molecular flexibility index (Phi) is 3.04. The summed E-state index contributed by atoms with van der Waals surface area (Å²) in [6.45, 7) is 1.80. The Balaban J connectivity index is 1.91. The summed E-state index contributed by atoms with van der Waals surface area (Å²) in [5.74, 6) is 0.518. The molecule has 22 heavy (non-hydrogen) atoms. The number of hydrogen-bond donors (Lipinski definition) is 2. The van der Waals surface area contributed by atoms with E-state index in [1.807, 2.05) is 18.2 Å². The van der Waals surface area contributed by atoms with Gasteiger partial charge in [0.15, 0.2) is 0 Å². The van der Waals surface area contributed by atoms with Crippen molar-refractivity contribution < 1.29 is 14.4 Å². The van der Waals surface area contributed by atoms with Crippen molar-refractivity contribution in [2.75, 3.05) is 11.1 Å². The number of hydroxylamine groups is 2. The number of carbonyl (C=O) groups excluding carboxylic acids is 2. The Morgan fingerprint density at radius 2 is 2.27 bits per heavy atom. The maximum atomic E-state index is 12.8. The summed E-state index contributed by atoms with van der Waals surface area (Å²) in [5, 5.41) is 7.33. The number of allylic oxidation sites excluding steroid dienone is 1. The molecule has 2 atom stereocenters. The highest BCUT2D eigenvalue weighted by molar-refractivity contribution is 9.10. The molecule has 6 nitrogen and oxygen atoms in total. The SMILES string of the molecule is CC1=CC2NC(=O)CSC3(C(=O)Nc4ccc(Br)cc43)N2O1. The monoisotopic (exact) mass is 381 g/mol. The van der Waals surface area contributed by atoms with Gasteiger partial charge in [0.25, 0.3) is 5.91 Å². The van der Waals surface area contributed by atoms with Gasteiger partial charge in [-0.2, -0.15) is 0 Å². The standard InChI is InChI=1S/C14H12BrN3O3S/c1-7-4-11-17-12(19)6-22-14(18(11)21-7)9-5-8(15)2-3-10(9)16-13(14)20/h2-5,11H,6H2,1H3,(H,16,20)(H,17,19). The van der Waals surface area contributed by atoms with Crippen LogP contribution < -0.4 is 10.6 Å². The normalized spacial score (nSPS) is 30.1. The number of rotatable bonds is 0. The van der Waals surface area contributed by atoms with E-state index in [2.05, 4.69) is 26.6 Å². The topological polar surface area (TPSA) is 70.7 Å². The fraction of sp³-hybridized carbons (Fsp3) is 0.286. The molecular formula is C14H12BrN3O3S. The van der Waals surface area contributed by atoms with Crippen molar-refractivity contribution in [3.05, 3.63) is 40.1 Å². The minimum absolute atomic E-state index is 0.123. The molecule has 1 aromatic rings. The first-order chi connectivity index (χ1) is 10.5. The van der Waals surface area contributed by atoms with Gasteiger partial charge in [-0.1, -0.05) is 21.0 Å². The zero-order valence-electron chi connectivity index (χ0n) is 11.6. The average Bonchev–Trinajstić information content (AvgIpc) is 2.90. The van der Waals surface area contributed by atoms with Crippen molar-refractivity contribution in [2.24, 2.45) is 0 Å². The quantitative estimate of drug-likeness (QED) is 0.717. The van der Waals surface area contributed by atoms with E-state index >= 15 is 0 Å². The molecule has 3 aliphatic heterocycles. The molecular weight excluding hydrogens is 370 g/mol. The number of thioether (sulfide) groups is 1. The van der Waals surface area contributed by atoms with Crippen molar-refractivity contribution in [1.29, 1.82) is 0 Å². The van der Waals surface area contributed by atoms with Crippen LogP contribution in [0.15, 0.2) is 34.5 Å². The second kappa shape index (κ2) is 4.74. The van der Waals surface area contributed by atoms with Crippen LogP contribution in [0.1, 0.15) is 12.5 Å². The van der Waals surface area contributed by atoms with E-state index in [1.54, 1.807) is 18.1 Å². The van der Waals surface area contributed by atoms with Crippen LogP contribution in [0.5, 0.6) is 0 Å². The van der Waals surface area contributed by atoms with Crippen molar-refractivity contribution in [2.45, 2.75) is 18.0 Å². The van der Waals surface area contributed by atoms with E-state index in [1.165, 1.54) is 11.8 Å². The average molecular weight is 382 g/mol. The minimum Gasteiger partial charge on any atom is -0.406 e. The summed E-state index contributed by atoms with van der Waals surface area (Å²) in [5.41, 5.74) is 1.53. The largest absolute Gasteiger partial charge is 0.406 e. The number of carbonyl (C=O) groups is 2. The molecule has 0 aromatic heterocycles. The van der Waals surface area contributed by atoms with Crippen LogP contribution >= 0.6 is 27.7 Å². The van der Waals surface area contributed by atoms with Gasteiger partial charge in [-0.25, -0.2) is 0 Å². The molecule has 3 heterocycles. The molecule has 0 saturated carbocycles. The number of nitrogens with zero attached hydrogens (tertiary/aromatic N) is 1. The van der Waals surface area contributed by atoms with E-state index in [4.69, 9.17) is 4.84 Å². The van der Waals surface area contributed by atoms with Crippen LogP contribution in [0.25, 0.3) is 0 Å². The third-order valence-corrected chi connectivity index (χ3v) is 5.72. The molecule has 2 unspecified atom stereocenters. The Bertz CT molecular complexity index is 738. The van der Waals surface area contributed by atoms with Gasteiger partial charge in [0.05, 0.1) is 5.75 Å². The lowest BCUT2D eigenvalue weighted by Crippen LogP contribution is -2.53. The smallest absolute Gasteiger partial charge is 0.263 e. The maximum Gasteiger partial charge on any atom is 0.263 e. The van der Waals surface area contributed by atoms with Crippen LogP contribution in [0.2, 0.25) is 0 Å². The predicted molar refractivity (Wildman–Crippen MR) is 85.5 cm³/mol. The first kappa shape index (κ1) is 14.1. The first-order valence-corrected chi connectivity index (χ1v) is 8.49. The van der Waals surface area contributed by atoms with Crippen molar-refractivity contribution >= 4 is 45.2 Å². The molecule has 1 saturated heterocycles. The third-order valence-electron chi connectivity index (χ3n) is 3.82. The zero-order chi connectivity index (χ0) is 15.5. The highest BCUT2D eigenvalue weighted by atomic mass is 79.9. The van der Waals surface area contributed by atoms with Crippen LogP contribution in [0.3, 0.4) is 0 Å². The highest BCUT2D eigenvalue weighted by Gasteiger charge is 2.58. The summed E-state index contributed by atoms with van der Waals surface area (Å²) in [4.78, 5) is 29.5. The Hall–Kier alpha value is -1.51. The predicted octanol–water partition coefficient (Wildman–Crippen LogP) is 1.89.